The Morgan fingerprint density at radius 2 is 0.400 bits per heavy atom. The summed E-state index contributed by atoms with van der Waals surface area (Å²) >= 11 is 0. The molecule has 0 fully saturated rings. The van der Waals surface area contributed by atoms with Crippen LogP contribution in [0.5, 0.6) is 0 Å². The maximum atomic E-state index is 0. The fourth-order valence-electron chi connectivity index (χ4n) is 0. The predicted octanol–water partition coefficient (Wildman–Crippen LogP) is 2.66. The number of halogens is 3. The van der Waals surface area contributed by atoms with E-state index in [0.29, 0.717) is 0 Å². The Bertz CT molecular complexity index is 4.85. The molecule has 33 valence electrons. The van der Waals surface area contributed by atoms with Gasteiger partial charge in [-0.2, -0.15) is 0 Å². The Balaban J connectivity index is 0. The van der Waals surface area contributed by atoms with E-state index in [1.54, 1.807) is 0 Å². The first kappa shape index (κ1) is 32.8. The van der Waals surface area contributed by atoms with Crippen molar-refractivity contribution in [1.82, 2.24) is 0 Å². The fraction of sp³-hybridized carbons (Fsp3) is 0. The number of hydrogen-bond donors (Lipinski definition) is 0. The molecule has 5 heavy (non-hydrogen) atoms. The normalized spacial score (nSPS) is 0. The van der Waals surface area contributed by atoms with Crippen molar-refractivity contribution in [2.75, 3.05) is 0 Å². The maximum absolute atomic E-state index is 0. The van der Waals surface area contributed by atoms with Crippen molar-refractivity contribution >= 4 is 71.9 Å². The van der Waals surface area contributed by atoms with Gasteiger partial charge in [0.1, 0.15) is 0 Å². The molecule has 0 saturated carbocycles. The SMILES string of the molecule is [I].[I].[I].[Sm].[Sm]. The van der Waals surface area contributed by atoms with E-state index in [4.69, 9.17) is 0 Å². The summed E-state index contributed by atoms with van der Waals surface area (Å²) in [6.07, 6.45) is 0. The van der Waals surface area contributed by atoms with Gasteiger partial charge in [-0.1, -0.05) is 0 Å². The summed E-state index contributed by atoms with van der Waals surface area (Å²) in [6.45, 7) is 0. The first-order chi connectivity index (χ1) is 0. The quantitative estimate of drug-likeness (QED) is 0.346. The van der Waals surface area contributed by atoms with Gasteiger partial charge in [0, 0.05) is 153 Å². The molecular formula is I3Sm2. The van der Waals surface area contributed by atoms with Gasteiger partial charge in [-0.05, 0) is 0 Å². The zero-order valence-corrected chi connectivity index (χ0v) is 13.7. The predicted molar refractivity (Wildman–Crippen MR) is 42.1 cm³/mol. The van der Waals surface area contributed by atoms with Crippen molar-refractivity contribution in [3.05, 3.63) is 0 Å². The molecule has 3 radical (unpaired) electrons. The van der Waals surface area contributed by atoms with Crippen molar-refractivity contribution in [1.29, 1.82) is 0 Å². The van der Waals surface area contributed by atoms with Crippen LogP contribution in [0.4, 0.5) is 0 Å². The van der Waals surface area contributed by atoms with Gasteiger partial charge in [-0.15, -0.1) is 0 Å². The molecule has 0 aromatic heterocycles. The average molecular weight is 681 g/mol. The van der Waals surface area contributed by atoms with Crippen molar-refractivity contribution in [3.63, 3.8) is 0 Å². The Hall–Kier alpha value is 4.87. The van der Waals surface area contributed by atoms with E-state index in [-0.39, 0.29) is 153 Å². The second kappa shape index (κ2) is 23.2. The Labute approximate surface area is 148 Å². The van der Waals surface area contributed by atoms with Crippen LogP contribution in [0.3, 0.4) is 0 Å². The molecule has 0 aliphatic rings. The summed E-state index contributed by atoms with van der Waals surface area (Å²) in [4.78, 5) is 0. The third kappa shape index (κ3) is 17.7. The van der Waals surface area contributed by atoms with Crippen LogP contribution in [-0.2, 0) is 0 Å². The van der Waals surface area contributed by atoms with Crippen LogP contribution in [0, 0.1) is 80.8 Å². The van der Waals surface area contributed by atoms with E-state index in [1.165, 1.54) is 0 Å². The van der Waals surface area contributed by atoms with E-state index in [2.05, 4.69) is 0 Å². The third-order valence-electron chi connectivity index (χ3n) is 0. The first-order valence-corrected chi connectivity index (χ1v) is 0. The minimum Gasteiger partial charge on any atom is 0 e. The molecule has 0 heterocycles. The van der Waals surface area contributed by atoms with Crippen molar-refractivity contribution in [2.45, 2.75) is 0 Å². The first-order valence-electron chi connectivity index (χ1n) is 0. The fourth-order valence-corrected chi connectivity index (χ4v) is 0. The van der Waals surface area contributed by atoms with Gasteiger partial charge in [0.05, 0.1) is 0 Å². The molecule has 0 nitrogen and oxygen atoms in total. The summed E-state index contributed by atoms with van der Waals surface area (Å²) < 4.78 is 0. The molecule has 0 saturated heterocycles. The second-order valence-electron chi connectivity index (χ2n) is 0. The van der Waals surface area contributed by atoms with E-state index >= 15 is 0 Å². The number of hydrogen-bond acceptors (Lipinski definition) is 0. The summed E-state index contributed by atoms with van der Waals surface area (Å²) in [7, 11) is 0. The minimum absolute atomic E-state index is 0. The van der Waals surface area contributed by atoms with Crippen LogP contribution in [-0.4, -0.2) is 0 Å². The molecule has 0 aliphatic heterocycles. The smallest absolute Gasteiger partial charge is 0 e. The molecule has 0 unspecified atom stereocenters. The van der Waals surface area contributed by atoms with E-state index in [0.717, 1.165) is 0 Å². The van der Waals surface area contributed by atoms with Crippen molar-refractivity contribution in [3.8, 4) is 0 Å². The van der Waals surface area contributed by atoms with Gasteiger partial charge in [0.15, 0.2) is 0 Å². The molecule has 0 N–H and O–H groups in total. The molecule has 0 aromatic carbocycles. The van der Waals surface area contributed by atoms with Gasteiger partial charge < -0.3 is 0 Å². The maximum Gasteiger partial charge on any atom is 0 e. The van der Waals surface area contributed by atoms with Gasteiger partial charge in [-0.3, -0.25) is 0 Å². The number of rotatable bonds is 0. The Morgan fingerprint density at radius 3 is 0.400 bits per heavy atom. The Morgan fingerprint density at radius 1 is 0.400 bits per heavy atom. The molecule has 0 spiro atoms. The van der Waals surface area contributed by atoms with Crippen LogP contribution in [0.15, 0.2) is 0 Å². The average Bonchev–Trinajstić information content (AvgIpc) is 0. The summed E-state index contributed by atoms with van der Waals surface area (Å²) in [6, 6.07) is 0. The zero-order valence-electron chi connectivity index (χ0n) is 1.95. The van der Waals surface area contributed by atoms with E-state index < -0.39 is 0 Å². The van der Waals surface area contributed by atoms with Crippen LogP contribution in [0.1, 0.15) is 0 Å². The standard InChI is InChI=1S/3I.2Sm. The van der Waals surface area contributed by atoms with Crippen LogP contribution in [0.25, 0.3) is 0 Å². The zero-order chi connectivity index (χ0) is 0. The van der Waals surface area contributed by atoms with Gasteiger partial charge in [0.2, 0.25) is 0 Å². The molecule has 5 heteroatoms. The molecule has 0 rings (SSSR count). The Kier molecular flexibility index (Phi) is 152. The van der Waals surface area contributed by atoms with Gasteiger partial charge >= 0.3 is 0 Å². The molecular weight excluding hydrogens is 681 g/mol. The molecule has 0 aromatic rings. The molecule has 0 atom stereocenters. The van der Waals surface area contributed by atoms with Crippen LogP contribution in [0.2, 0.25) is 0 Å². The van der Waals surface area contributed by atoms with Crippen LogP contribution >= 0.6 is 71.9 Å². The minimum atomic E-state index is 0. The van der Waals surface area contributed by atoms with Gasteiger partial charge in [-0.25, -0.2) is 0 Å². The second-order valence-corrected chi connectivity index (χ2v) is 0. The monoisotopic (exact) mass is 685 g/mol. The van der Waals surface area contributed by atoms with Crippen LogP contribution < -0.4 is 0 Å². The summed E-state index contributed by atoms with van der Waals surface area (Å²) in [5.74, 6) is 0. The molecule has 0 amide bonds. The summed E-state index contributed by atoms with van der Waals surface area (Å²) in [5.41, 5.74) is 0. The van der Waals surface area contributed by atoms with Crippen molar-refractivity contribution < 1.29 is 80.8 Å². The van der Waals surface area contributed by atoms with Gasteiger partial charge in [0.25, 0.3) is 0 Å². The third-order valence-corrected chi connectivity index (χ3v) is 0. The molecule has 0 bridgehead atoms. The largest absolute Gasteiger partial charge is 0 e. The van der Waals surface area contributed by atoms with E-state index in [1.807, 2.05) is 0 Å². The van der Waals surface area contributed by atoms with Crippen molar-refractivity contribution in [2.24, 2.45) is 0 Å². The topological polar surface area (TPSA) is 0 Å². The molecule has 0 aliphatic carbocycles. The summed E-state index contributed by atoms with van der Waals surface area (Å²) in [5, 5.41) is 0. The van der Waals surface area contributed by atoms with E-state index in [9.17, 15) is 0 Å².